The maximum atomic E-state index is 13.4. The van der Waals surface area contributed by atoms with E-state index < -0.39 is 12.0 Å². The van der Waals surface area contributed by atoms with Crippen LogP contribution in [0.4, 0.5) is 0 Å². The standard InChI is InChI=1S/C28H29N3O4S/c1-19-25(27(33)35-15-14-34-2)26(21-9-4-3-5-10-21)31-23(18-36-28(31)29-19)16-24(32)30-13-12-20-8-6-7-11-22(20)17-30/h3-11,18,26H,12-17H2,1-2H3. The third-order valence-corrected chi connectivity index (χ3v) is 7.56. The van der Waals surface area contributed by atoms with Gasteiger partial charge in [-0.2, -0.15) is 0 Å². The first-order valence-electron chi connectivity index (χ1n) is 12.1. The predicted octanol–water partition coefficient (Wildman–Crippen LogP) is 4.43. The largest absolute Gasteiger partial charge is 0.460 e. The first-order chi connectivity index (χ1) is 17.6. The van der Waals surface area contributed by atoms with Gasteiger partial charge in [-0.25, -0.2) is 9.79 Å². The van der Waals surface area contributed by atoms with Crippen molar-refractivity contribution in [2.24, 2.45) is 4.99 Å². The zero-order valence-electron chi connectivity index (χ0n) is 20.5. The number of thioether (sulfide) groups is 1. The van der Waals surface area contributed by atoms with E-state index in [0.717, 1.165) is 22.8 Å². The number of hydrogen-bond acceptors (Lipinski definition) is 7. The molecule has 8 heteroatoms. The fourth-order valence-electron chi connectivity index (χ4n) is 4.85. The second-order valence-corrected chi connectivity index (χ2v) is 9.78. The summed E-state index contributed by atoms with van der Waals surface area (Å²) in [5, 5.41) is 2.75. The molecule has 2 aromatic rings. The van der Waals surface area contributed by atoms with E-state index in [1.165, 1.54) is 22.9 Å². The molecule has 2 aromatic carbocycles. The Labute approximate surface area is 215 Å². The Morgan fingerprint density at radius 3 is 2.58 bits per heavy atom. The molecule has 0 bridgehead atoms. The summed E-state index contributed by atoms with van der Waals surface area (Å²) in [5.74, 6) is -0.351. The van der Waals surface area contributed by atoms with E-state index >= 15 is 0 Å². The SMILES string of the molecule is COCCOC(=O)C1=C(C)N=C2SC=C(CC(=O)N3CCc4ccccc4C3)N2C1c1ccccc1. The Balaban J connectivity index is 1.41. The average Bonchev–Trinajstić information content (AvgIpc) is 3.29. The molecule has 7 nitrogen and oxygen atoms in total. The molecule has 1 amide bonds. The predicted molar refractivity (Wildman–Crippen MR) is 140 cm³/mol. The lowest BCUT2D eigenvalue weighted by Crippen LogP contribution is -2.40. The number of aliphatic imine (C=N–C) groups is 1. The van der Waals surface area contributed by atoms with Crippen molar-refractivity contribution >= 4 is 28.8 Å². The molecule has 0 N–H and O–H groups in total. The van der Waals surface area contributed by atoms with E-state index in [-0.39, 0.29) is 18.9 Å². The lowest BCUT2D eigenvalue weighted by atomic mass is 9.94. The zero-order chi connectivity index (χ0) is 25.1. The van der Waals surface area contributed by atoms with Crippen LogP contribution in [0.15, 0.2) is 82.0 Å². The highest BCUT2D eigenvalue weighted by Crippen LogP contribution is 2.45. The number of allylic oxidation sites excluding steroid dienone is 1. The Hall–Kier alpha value is -3.36. The number of fused-ring (bicyclic) bond motifs is 2. The number of rotatable bonds is 7. The summed E-state index contributed by atoms with van der Waals surface area (Å²) in [6, 6.07) is 17.7. The number of esters is 1. The van der Waals surface area contributed by atoms with Crippen LogP contribution in [-0.2, 0) is 32.0 Å². The van der Waals surface area contributed by atoms with E-state index in [0.29, 0.717) is 31.0 Å². The first-order valence-corrected chi connectivity index (χ1v) is 12.9. The topological polar surface area (TPSA) is 71.4 Å². The molecule has 0 aromatic heterocycles. The van der Waals surface area contributed by atoms with Crippen molar-refractivity contribution in [2.45, 2.75) is 32.4 Å². The number of carbonyl (C=O) groups excluding carboxylic acids is 2. The van der Waals surface area contributed by atoms with Crippen molar-refractivity contribution in [1.82, 2.24) is 9.80 Å². The minimum atomic E-state index is -0.426. The highest BCUT2D eigenvalue weighted by molar-refractivity contribution is 8.16. The first kappa shape index (κ1) is 24.3. The number of amides is 1. The Morgan fingerprint density at radius 1 is 1.06 bits per heavy atom. The fourth-order valence-corrected chi connectivity index (χ4v) is 5.82. The molecule has 186 valence electrons. The molecule has 5 rings (SSSR count). The molecule has 0 aliphatic carbocycles. The van der Waals surface area contributed by atoms with Crippen LogP contribution in [-0.4, -0.2) is 53.7 Å². The van der Waals surface area contributed by atoms with Crippen molar-refractivity contribution in [3.05, 3.63) is 93.7 Å². The maximum Gasteiger partial charge on any atom is 0.338 e. The van der Waals surface area contributed by atoms with Crippen LogP contribution in [0.2, 0.25) is 0 Å². The Bertz CT molecular complexity index is 1250. The van der Waals surface area contributed by atoms with E-state index in [4.69, 9.17) is 14.5 Å². The number of ether oxygens (including phenoxy) is 2. The van der Waals surface area contributed by atoms with E-state index in [9.17, 15) is 9.59 Å². The zero-order valence-corrected chi connectivity index (χ0v) is 21.3. The molecule has 0 fully saturated rings. The van der Waals surface area contributed by atoms with Crippen molar-refractivity contribution in [3.63, 3.8) is 0 Å². The van der Waals surface area contributed by atoms with Gasteiger partial charge in [0.05, 0.1) is 30.3 Å². The lowest BCUT2D eigenvalue weighted by molar-refractivity contribution is -0.141. The Morgan fingerprint density at radius 2 is 1.81 bits per heavy atom. The number of methoxy groups -OCH3 is 1. The van der Waals surface area contributed by atoms with Crippen LogP contribution in [0.5, 0.6) is 0 Å². The summed E-state index contributed by atoms with van der Waals surface area (Å²) < 4.78 is 10.6. The summed E-state index contributed by atoms with van der Waals surface area (Å²) in [5.41, 5.74) is 5.40. The molecule has 36 heavy (non-hydrogen) atoms. The summed E-state index contributed by atoms with van der Waals surface area (Å²) in [4.78, 5) is 35.3. The van der Waals surface area contributed by atoms with Gasteiger partial charge in [-0.1, -0.05) is 66.4 Å². The molecule has 0 saturated carbocycles. The normalized spacial score (nSPS) is 18.9. The molecule has 0 saturated heterocycles. The number of hydrogen-bond donors (Lipinski definition) is 0. The van der Waals surface area contributed by atoms with Gasteiger partial charge in [-0.3, -0.25) is 4.79 Å². The summed E-state index contributed by atoms with van der Waals surface area (Å²) in [7, 11) is 1.57. The van der Waals surface area contributed by atoms with Gasteiger partial charge in [-0.05, 0) is 35.4 Å². The van der Waals surface area contributed by atoms with Crippen molar-refractivity contribution in [3.8, 4) is 0 Å². The lowest BCUT2D eigenvalue weighted by Gasteiger charge is -2.37. The van der Waals surface area contributed by atoms with Crippen LogP contribution in [0.3, 0.4) is 0 Å². The monoisotopic (exact) mass is 503 g/mol. The van der Waals surface area contributed by atoms with Gasteiger partial charge in [-0.15, -0.1) is 0 Å². The number of amidine groups is 1. The third-order valence-electron chi connectivity index (χ3n) is 6.67. The summed E-state index contributed by atoms with van der Waals surface area (Å²) >= 11 is 1.49. The highest BCUT2D eigenvalue weighted by atomic mass is 32.2. The molecule has 0 spiro atoms. The molecule has 3 aliphatic rings. The number of benzene rings is 2. The minimum absolute atomic E-state index is 0.0694. The number of nitrogens with zero attached hydrogens (tertiary/aromatic N) is 3. The molecule has 3 aliphatic heterocycles. The van der Waals surface area contributed by atoms with Crippen LogP contribution in [0.25, 0.3) is 0 Å². The average molecular weight is 504 g/mol. The van der Waals surface area contributed by atoms with Gasteiger partial charge < -0.3 is 19.3 Å². The molecule has 0 radical (unpaired) electrons. The molecule has 1 atom stereocenters. The molecular formula is C28H29N3O4S. The Kier molecular flexibility index (Phi) is 7.25. The molecule has 1 unspecified atom stereocenters. The van der Waals surface area contributed by atoms with Crippen LogP contribution in [0, 0.1) is 0 Å². The third kappa shape index (κ3) is 4.83. The van der Waals surface area contributed by atoms with E-state index in [2.05, 4.69) is 12.1 Å². The van der Waals surface area contributed by atoms with Gasteiger partial charge in [0.25, 0.3) is 0 Å². The van der Waals surface area contributed by atoms with Gasteiger partial charge >= 0.3 is 5.97 Å². The van der Waals surface area contributed by atoms with Crippen molar-refractivity contribution in [2.75, 3.05) is 26.9 Å². The number of carbonyl (C=O) groups is 2. The van der Waals surface area contributed by atoms with Crippen LogP contribution >= 0.6 is 11.8 Å². The smallest absolute Gasteiger partial charge is 0.338 e. The van der Waals surface area contributed by atoms with Crippen LogP contribution in [0.1, 0.15) is 36.1 Å². The van der Waals surface area contributed by atoms with E-state index in [1.807, 2.05) is 64.6 Å². The highest BCUT2D eigenvalue weighted by Gasteiger charge is 2.41. The maximum absolute atomic E-state index is 13.4. The minimum Gasteiger partial charge on any atom is -0.460 e. The van der Waals surface area contributed by atoms with Crippen LogP contribution < -0.4 is 0 Å². The van der Waals surface area contributed by atoms with Gasteiger partial charge in [0.2, 0.25) is 5.91 Å². The van der Waals surface area contributed by atoms with Gasteiger partial charge in [0.1, 0.15) is 6.61 Å². The van der Waals surface area contributed by atoms with Crippen molar-refractivity contribution in [1.29, 1.82) is 0 Å². The second-order valence-electron chi connectivity index (χ2n) is 8.94. The molecule has 3 heterocycles. The summed E-state index contributed by atoms with van der Waals surface area (Å²) in [6.45, 7) is 3.64. The van der Waals surface area contributed by atoms with Gasteiger partial charge in [0, 0.05) is 25.9 Å². The van der Waals surface area contributed by atoms with Crippen molar-refractivity contribution < 1.29 is 19.1 Å². The van der Waals surface area contributed by atoms with E-state index in [1.54, 1.807) is 7.11 Å². The van der Waals surface area contributed by atoms with Gasteiger partial charge in [0.15, 0.2) is 5.17 Å². The molecular weight excluding hydrogens is 474 g/mol. The fraction of sp³-hybridized carbons (Fsp3) is 0.321. The summed E-state index contributed by atoms with van der Waals surface area (Å²) in [6.07, 6.45) is 1.10. The quantitative estimate of drug-likeness (QED) is 0.411. The second kappa shape index (κ2) is 10.7.